The summed E-state index contributed by atoms with van der Waals surface area (Å²) in [4.78, 5) is 0. The molecule has 1 fully saturated rings. The van der Waals surface area contributed by atoms with E-state index in [4.69, 9.17) is 0 Å². The SMILES string of the molecule is CCC1CCC(C)C1O. The van der Waals surface area contributed by atoms with Gasteiger partial charge in [0.2, 0.25) is 0 Å². The number of hydrogen-bond acceptors (Lipinski definition) is 1. The lowest BCUT2D eigenvalue weighted by atomic mass is 10.0. The molecule has 0 spiro atoms. The fourth-order valence-corrected chi connectivity index (χ4v) is 1.73. The van der Waals surface area contributed by atoms with Crippen LogP contribution < -0.4 is 0 Å². The molecule has 1 N–H and O–H groups in total. The van der Waals surface area contributed by atoms with Crippen molar-refractivity contribution in [3.05, 3.63) is 0 Å². The maximum atomic E-state index is 9.46. The van der Waals surface area contributed by atoms with Gasteiger partial charge >= 0.3 is 0 Å². The summed E-state index contributed by atoms with van der Waals surface area (Å²) in [6, 6.07) is 0. The molecular formula is C8H16O. The van der Waals surface area contributed by atoms with Crippen LogP contribution in [0.15, 0.2) is 0 Å². The van der Waals surface area contributed by atoms with E-state index in [0.29, 0.717) is 11.8 Å². The fraction of sp³-hybridized carbons (Fsp3) is 1.00. The Bertz CT molecular complexity index is 90.6. The summed E-state index contributed by atoms with van der Waals surface area (Å²) in [5.41, 5.74) is 0. The molecule has 0 aliphatic heterocycles. The monoisotopic (exact) mass is 128 g/mol. The van der Waals surface area contributed by atoms with E-state index < -0.39 is 0 Å². The van der Waals surface area contributed by atoms with Gasteiger partial charge < -0.3 is 5.11 Å². The first-order valence-electron chi connectivity index (χ1n) is 3.93. The van der Waals surface area contributed by atoms with Crippen molar-refractivity contribution in [2.24, 2.45) is 11.8 Å². The quantitative estimate of drug-likeness (QED) is 0.571. The Balaban J connectivity index is 2.41. The number of aliphatic hydroxyl groups is 1. The van der Waals surface area contributed by atoms with Gasteiger partial charge in [-0.2, -0.15) is 0 Å². The molecular weight excluding hydrogens is 112 g/mol. The van der Waals surface area contributed by atoms with Crippen molar-refractivity contribution in [2.75, 3.05) is 0 Å². The maximum Gasteiger partial charge on any atom is 0.0593 e. The van der Waals surface area contributed by atoms with Crippen LogP contribution in [-0.2, 0) is 0 Å². The average molecular weight is 128 g/mol. The van der Waals surface area contributed by atoms with Gasteiger partial charge in [0.25, 0.3) is 0 Å². The van der Waals surface area contributed by atoms with Gasteiger partial charge in [-0.15, -0.1) is 0 Å². The minimum Gasteiger partial charge on any atom is -0.393 e. The van der Waals surface area contributed by atoms with Gasteiger partial charge in [-0.1, -0.05) is 20.3 Å². The van der Waals surface area contributed by atoms with Crippen LogP contribution in [0.1, 0.15) is 33.1 Å². The Morgan fingerprint density at radius 1 is 1.44 bits per heavy atom. The fourth-order valence-electron chi connectivity index (χ4n) is 1.73. The molecule has 1 nitrogen and oxygen atoms in total. The second-order valence-corrected chi connectivity index (χ2v) is 3.21. The molecule has 9 heavy (non-hydrogen) atoms. The summed E-state index contributed by atoms with van der Waals surface area (Å²) >= 11 is 0. The Labute approximate surface area is 57.1 Å². The first-order valence-corrected chi connectivity index (χ1v) is 3.93. The molecule has 1 aliphatic rings. The molecule has 0 bridgehead atoms. The summed E-state index contributed by atoms with van der Waals surface area (Å²) in [7, 11) is 0. The zero-order valence-electron chi connectivity index (χ0n) is 6.30. The molecule has 0 aromatic rings. The Kier molecular flexibility index (Phi) is 2.12. The zero-order valence-corrected chi connectivity index (χ0v) is 6.30. The van der Waals surface area contributed by atoms with E-state index in [1.165, 1.54) is 12.8 Å². The lowest BCUT2D eigenvalue weighted by molar-refractivity contribution is 0.0962. The van der Waals surface area contributed by atoms with Crippen LogP contribution in [0.2, 0.25) is 0 Å². The molecule has 0 aromatic heterocycles. The highest BCUT2D eigenvalue weighted by Gasteiger charge is 2.29. The highest BCUT2D eigenvalue weighted by atomic mass is 16.3. The van der Waals surface area contributed by atoms with Crippen molar-refractivity contribution in [2.45, 2.75) is 39.2 Å². The van der Waals surface area contributed by atoms with Crippen molar-refractivity contribution in [3.63, 3.8) is 0 Å². The Morgan fingerprint density at radius 3 is 2.33 bits per heavy atom. The highest BCUT2D eigenvalue weighted by molar-refractivity contribution is 4.80. The summed E-state index contributed by atoms with van der Waals surface area (Å²) in [6.45, 7) is 4.30. The summed E-state index contributed by atoms with van der Waals surface area (Å²) in [5, 5.41) is 9.46. The van der Waals surface area contributed by atoms with E-state index in [-0.39, 0.29) is 6.10 Å². The predicted octanol–water partition coefficient (Wildman–Crippen LogP) is 1.80. The summed E-state index contributed by atoms with van der Waals surface area (Å²) in [6.07, 6.45) is 3.60. The molecule has 1 saturated carbocycles. The van der Waals surface area contributed by atoms with Gasteiger partial charge in [-0.3, -0.25) is 0 Å². The zero-order chi connectivity index (χ0) is 6.85. The van der Waals surface area contributed by atoms with Gasteiger partial charge in [0, 0.05) is 0 Å². The third-order valence-electron chi connectivity index (χ3n) is 2.58. The molecule has 1 heteroatoms. The molecule has 0 heterocycles. The molecule has 1 aliphatic carbocycles. The third-order valence-corrected chi connectivity index (χ3v) is 2.58. The van der Waals surface area contributed by atoms with E-state index >= 15 is 0 Å². The van der Waals surface area contributed by atoms with Crippen molar-refractivity contribution in [1.29, 1.82) is 0 Å². The van der Waals surface area contributed by atoms with E-state index in [0.717, 1.165) is 6.42 Å². The first kappa shape index (κ1) is 7.07. The minimum absolute atomic E-state index is 0.00463. The number of rotatable bonds is 1. The van der Waals surface area contributed by atoms with E-state index in [1.807, 2.05) is 0 Å². The third kappa shape index (κ3) is 1.26. The number of hydrogen-bond donors (Lipinski definition) is 1. The Morgan fingerprint density at radius 2 is 2.11 bits per heavy atom. The van der Waals surface area contributed by atoms with Gasteiger partial charge in [0.15, 0.2) is 0 Å². The average Bonchev–Trinajstić information content (AvgIpc) is 2.15. The van der Waals surface area contributed by atoms with E-state index in [9.17, 15) is 5.11 Å². The van der Waals surface area contributed by atoms with Crippen molar-refractivity contribution >= 4 is 0 Å². The van der Waals surface area contributed by atoms with Crippen LogP contribution >= 0.6 is 0 Å². The minimum atomic E-state index is -0.00463. The summed E-state index contributed by atoms with van der Waals surface area (Å²) in [5.74, 6) is 1.15. The smallest absolute Gasteiger partial charge is 0.0593 e. The molecule has 0 radical (unpaired) electrons. The maximum absolute atomic E-state index is 9.46. The lowest BCUT2D eigenvalue weighted by Gasteiger charge is -2.13. The standard InChI is InChI=1S/C8H16O/c1-3-7-5-4-6(2)8(7)9/h6-9H,3-5H2,1-2H3. The predicted molar refractivity (Wildman–Crippen MR) is 38.2 cm³/mol. The largest absolute Gasteiger partial charge is 0.393 e. The Hall–Kier alpha value is -0.0400. The van der Waals surface area contributed by atoms with Crippen molar-refractivity contribution in [3.8, 4) is 0 Å². The van der Waals surface area contributed by atoms with Crippen LogP contribution in [-0.4, -0.2) is 11.2 Å². The van der Waals surface area contributed by atoms with Crippen LogP contribution in [0, 0.1) is 11.8 Å². The van der Waals surface area contributed by atoms with Gasteiger partial charge in [-0.25, -0.2) is 0 Å². The van der Waals surface area contributed by atoms with E-state index in [1.54, 1.807) is 0 Å². The molecule has 0 aromatic carbocycles. The number of aliphatic hydroxyl groups excluding tert-OH is 1. The van der Waals surface area contributed by atoms with Crippen molar-refractivity contribution in [1.82, 2.24) is 0 Å². The van der Waals surface area contributed by atoms with Gasteiger partial charge in [-0.05, 0) is 24.7 Å². The van der Waals surface area contributed by atoms with Gasteiger partial charge in [0.05, 0.1) is 6.10 Å². The lowest BCUT2D eigenvalue weighted by Crippen LogP contribution is -2.17. The molecule has 54 valence electrons. The van der Waals surface area contributed by atoms with Crippen LogP contribution in [0.4, 0.5) is 0 Å². The molecule has 0 amide bonds. The second kappa shape index (κ2) is 2.70. The van der Waals surface area contributed by atoms with Crippen LogP contribution in [0.3, 0.4) is 0 Å². The molecule has 3 unspecified atom stereocenters. The molecule has 1 rings (SSSR count). The second-order valence-electron chi connectivity index (χ2n) is 3.21. The van der Waals surface area contributed by atoms with Crippen LogP contribution in [0.25, 0.3) is 0 Å². The van der Waals surface area contributed by atoms with E-state index in [2.05, 4.69) is 13.8 Å². The van der Waals surface area contributed by atoms with Crippen LogP contribution in [0.5, 0.6) is 0 Å². The molecule has 0 saturated heterocycles. The normalized spacial score (nSPS) is 43.7. The first-order chi connectivity index (χ1) is 4.25. The van der Waals surface area contributed by atoms with Crippen molar-refractivity contribution < 1.29 is 5.11 Å². The highest BCUT2D eigenvalue weighted by Crippen LogP contribution is 2.32. The van der Waals surface area contributed by atoms with Gasteiger partial charge in [0.1, 0.15) is 0 Å². The summed E-state index contributed by atoms with van der Waals surface area (Å²) < 4.78 is 0. The molecule has 3 atom stereocenters. The topological polar surface area (TPSA) is 20.2 Å².